The zero-order chi connectivity index (χ0) is 13.8. The zero-order valence-corrected chi connectivity index (χ0v) is 11.7. The standard InChI is InChI=1S/C16H22FNO2/c17-13-8-12(11-18-14-3-4-14)9-16(10-13)20-7-5-15-2-1-6-19-15/h8-10,14-15,18H,1-7,11H2. The molecular weight excluding hydrogens is 257 g/mol. The van der Waals surface area contributed by atoms with Gasteiger partial charge in [0.25, 0.3) is 0 Å². The number of rotatable bonds is 7. The fourth-order valence-corrected chi connectivity index (χ4v) is 2.54. The average molecular weight is 279 g/mol. The van der Waals surface area contributed by atoms with Crippen LogP contribution in [-0.4, -0.2) is 25.4 Å². The van der Waals surface area contributed by atoms with E-state index in [1.54, 1.807) is 6.07 Å². The summed E-state index contributed by atoms with van der Waals surface area (Å²) in [6, 6.07) is 5.58. The summed E-state index contributed by atoms with van der Waals surface area (Å²) in [6.45, 7) is 2.16. The maximum atomic E-state index is 13.6. The van der Waals surface area contributed by atoms with E-state index in [1.165, 1.54) is 18.9 Å². The fourth-order valence-electron chi connectivity index (χ4n) is 2.54. The maximum absolute atomic E-state index is 13.6. The molecule has 110 valence electrons. The van der Waals surface area contributed by atoms with Crippen LogP contribution >= 0.6 is 0 Å². The summed E-state index contributed by atoms with van der Waals surface area (Å²) < 4.78 is 24.8. The molecule has 20 heavy (non-hydrogen) atoms. The molecule has 0 radical (unpaired) electrons. The van der Waals surface area contributed by atoms with E-state index < -0.39 is 0 Å². The van der Waals surface area contributed by atoms with E-state index >= 15 is 0 Å². The first-order valence-corrected chi connectivity index (χ1v) is 7.57. The molecule has 2 aliphatic rings. The van der Waals surface area contributed by atoms with E-state index in [4.69, 9.17) is 9.47 Å². The predicted molar refractivity (Wildman–Crippen MR) is 75.3 cm³/mol. The van der Waals surface area contributed by atoms with Crippen LogP contribution in [0.2, 0.25) is 0 Å². The summed E-state index contributed by atoms with van der Waals surface area (Å²) >= 11 is 0. The van der Waals surface area contributed by atoms with Crippen LogP contribution in [0.4, 0.5) is 4.39 Å². The Morgan fingerprint density at radius 1 is 1.25 bits per heavy atom. The highest BCUT2D eigenvalue weighted by Gasteiger charge is 2.20. The molecule has 1 atom stereocenters. The second-order valence-corrected chi connectivity index (χ2v) is 5.72. The molecule has 0 amide bonds. The van der Waals surface area contributed by atoms with Gasteiger partial charge < -0.3 is 14.8 Å². The third-order valence-corrected chi connectivity index (χ3v) is 3.84. The Balaban J connectivity index is 1.48. The average Bonchev–Trinajstić information content (AvgIpc) is 3.12. The van der Waals surface area contributed by atoms with Crippen molar-refractivity contribution in [3.05, 3.63) is 29.6 Å². The number of benzene rings is 1. The highest BCUT2D eigenvalue weighted by atomic mass is 19.1. The molecule has 1 aliphatic carbocycles. The molecule has 1 N–H and O–H groups in total. The summed E-state index contributed by atoms with van der Waals surface area (Å²) in [5.74, 6) is 0.391. The van der Waals surface area contributed by atoms with Crippen molar-refractivity contribution in [1.82, 2.24) is 5.32 Å². The molecule has 1 unspecified atom stereocenters. The van der Waals surface area contributed by atoms with Crippen molar-refractivity contribution < 1.29 is 13.9 Å². The van der Waals surface area contributed by atoms with Gasteiger partial charge in [-0.25, -0.2) is 4.39 Å². The minimum absolute atomic E-state index is 0.229. The molecule has 1 saturated heterocycles. The van der Waals surface area contributed by atoms with E-state index in [0.717, 1.165) is 31.4 Å². The van der Waals surface area contributed by atoms with Crippen LogP contribution in [0.25, 0.3) is 0 Å². The molecule has 0 aromatic heterocycles. The van der Waals surface area contributed by atoms with Crippen molar-refractivity contribution in [2.45, 2.75) is 50.8 Å². The highest BCUT2D eigenvalue weighted by molar-refractivity contribution is 5.29. The van der Waals surface area contributed by atoms with Gasteiger partial charge in [0, 0.05) is 31.7 Å². The summed E-state index contributed by atoms with van der Waals surface area (Å²) in [7, 11) is 0. The number of ether oxygens (including phenoxy) is 2. The third kappa shape index (κ3) is 4.18. The minimum atomic E-state index is -0.229. The fraction of sp³-hybridized carbons (Fsp3) is 0.625. The van der Waals surface area contributed by atoms with Gasteiger partial charge in [-0.15, -0.1) is 0 Å². The molecule has 3 nitrogen and oxygen atoms in total. The van der Waals surface area contributed by atoms with Gasteiger partial charge in [0.05, 0.1) is 12.7 Å². The van der Waals surface area contributed by atoms with Gasteiger partial charge >= 0.3 is 0 Å². The Bertz CT molecular complexity index is 442. The van der Waals surface area contributed by atoms with E-state index in [-0.39, 0.29) is 5.82 Å². The Labute approximate surface area is 119 Å². The topological polar surface area (TPSA) is 30.5 Å². The van der Waals surface area contributed by atoms with E-state index in [9.17, 15) is 4.39 Å². The van der Waals surface area contributed by atoms with Crippen LogP contribution < -0.4 is 10.1 Å². The van der Waals surface area contributed by atoms with Crippen molar-refractivity contribution in [3.63, 3.8) is 0 Å². The molecule has 0 bridgehead atoms. The van der Waals surface area contributed by atoms with E-state index in [1.807, 2.05) is 6.07 Å². The molecule has 1 heterocycles. The van der Waals surface area contributed by atoms with E-state index in [2.05, 4.69) is 5.32 Å². The molecule has 1 aromatic rings. The quantitative estimate of drug-likeness (QED) is 0.832. The number of hydrogen-bond donors (Lipinski definition) is 1. The number of halogens is 1. The minimum Gasteiger partial charge on any atom is -0.493 e. The molecule has 2 fully saturated rings. The zero-order valence-electron chi connectivity index (χ0n) is 11.7. The first kappa shape index (κ1) is 13.8. The predicted octanol–water partition coefficient (Wildman–Crippen LogP) is 3.03. The Morgan fingerprint density at radius 3 is 2.90 bits per heavy atom. The van der Waals surface area contributed by atoms with Crippen LogP contribution in [0, 0.1) is 5.82 Å². The lowest BCUT2D eigenvalue weighted by atomic mass is 10.2. The van der Waals surface area contributed by atoms with E-state index in [0.29, 0.717) is 31.0 Å². The number of nitrogens with one attached hydrogen (secondary N) is 1. The van der Waals surface area contributed by atoms with Gasteiger partial charge in [-0.3, -0.25) is 0 Å². The summed E-state index contributed by atoms with van der Waals surface area (Å²) in [5.41, 5.74) is 0.948. The highest BCUT2D eigenvalue weighted by Crippen LogP contribution is 2.22. The number of hydrogen-bond acceptors (Lipinski definition) is 3. The largest absolute Gasteiger partial charge is 0.493 e. The SMILES string of the molecule is Fc1cc(CNC2CC2)cc(OCCC2CCCO2)c1. The molecule has 3 rings (SSSR count). The van der Waals surface area contributed by atoms with Crippen LogP contribution in [0.15, 0.2) is 18.2 Å². The summed E-state index contributed by atoms with van der Waals surface area (Å²) in [4.78, 5) is 0. The molecule has 1 aliphatic heterocycles. The Morgan fingerprint density at radius 2 is 2.15 bits per heavy atom. The lowest BCUT2D eigenvalue weighted by Gasteiger charge is -2.12. The van der Waals surface area contributed by atoms with Crippen LogP contribution in [-0.2, 0) is 11.3 Å². The first-order valence-electron chi connectivity index (χ1n) is 7.57. The van der Waals surface area contributed by atoms with Gasteiger partial charge in [0.2, 0.25) is 0 Å². The summed E-state index contributed by atoms with van der Waals surface area (Å²) in [5, 5.41) is 3.39. The molecular formula is C16H22FNO2. The van der Waals surface area contributed by atoms with Gasteiger partial charge in [0.15, 0.2) is 0 Å². The second kappa shape index (κ2) is 6.55. The maximum Gasteiger partial charge on any atom is 0.127 e. The van der Waals surface area contributed by atoms with Crippen molar-refractivity contribution in [1.29, 1.82) is 0 Å². The lowest BCUT2D eigenvalue weighted by molar-refractivity contribution is 0.0903. The van der Waals surface area contributed by atoms with Crippen molar-refractivity contribution in [3.8, 4) is 5.75 Å². The van der Waals surface area contributed by atoms with Crippen molar-refractivity contribution in [2.24, 2.45) is 0 Å². The van der Waals surface area contributed by atoms with Crippen LogP contribution in [0.1, 0.15) is 37.7 Å². The van der Waals surface area contributed by atoms with Crippen molar-refractivity contribution in [2.75, 3.05) is 13.2 Å². The normalized spacial score (nSPS) is 22.1. The molecule has 4 heteroatoms. The lowest BCUT2D eigenvalue weighted by Crippen LogP contribution is -2.15. The van der Waals surface area contributed by atoms with Crippen LogP contribution in [0.3, 0.4) is 0 Å². The van der Waals surface area contributed by atoms with Gasteiger partial charge in [-0.05, 0) is 43.4 Å². The van der Waals surface area contributed by atoms with Crippen molar-refractivity contribution >= 4 is 0 Å². The van der Waals surface area contributed by atoms with Gasteiger partial charge in [-0.1, -0.05) is 0 Å². The molecule has 1 aromatic carbocycles. The third-order valence-electron chi connectivity index (χ3n) is 3.84. The Hall–Kier alpha value is -1.13. The van der Waals surface area contributed by atoms with Gasteiger partial charge in [0.1, 0.15) is 11.6 Å². The smallest absolute Gasteiger partial charge is 0.127 e. The monoisotopic (exact) mass is 279 g/mol. The van der Waals surface area contributed by atoms with Gasteiger partial charge in [-0.2, -0.15) is 0 Å². The Kier molecular flexibility index (Phi) is 4.53. The second-order valence-electron chi connectivity index (χ2n) is 5.72. The summed E-state index contributed by atoms with van der Waals surface area (Å²) in [6.07, 6.45) is 5.93. The van der Waals surface area contributed by atoms with Crippen LogP contribution in [0.5, 0.6) is 5.75 Å². The molecule has 1 saturated carbocycles. The molecule has 0 spiro atoms. The first-order chi connectivity index (χ1) is 9.79.